The smallest absolute Gasteiger partial charge is 0.321 e. The number of anilines is 1. The van der Waals surface area contributed by atoms with E-state index in [0.29, 0.717) is 11.4 Å². The molecule has 1 aromatic carbocycles. The second kappa shape index (κ2) is 9.51. The van der Waals surface area contributed by atoms with E-state index in [4.69, 9.17) is 4.74 Å². The van der Waals surface area contributed by atoms with Crippen molar-refractivity contribution in [3.63, 3.8) is 0 Å². The van der Waals surface area contributed by atoms with E-state index in [-0.39, 0.29) is 9.90 Å². The Labute approximate surface area is 188 Å². The van der Waals surface area contributed by atoms with Crippen LogP contribution in [0.25, 0.3) is 5.69 Å². The number of esters is 1. The highest BCUT2D eigenvalue weighted by Gasteiger charge is 2.24. The number of para-hydroxylation sites is 1. The molecule has 0 bridgehead atoms. The summed E-state index contributed by atoms with van der Waals surface area (Å²) >= 11 is 1.01. The van der Waals surface area contributed by atoms with Crippen LogP contribution in [-0.4, -0.2) is 42.3 Å². The number of carbonyl (C=O) groups excluding carboxylic acids is 2. The van der Waals surface area contributed by atoms with Crippen LogP contribution in [0.5, 0.6) is 0 Å². The molecular weight excluding hydrogens is 456 g/mol. The molecule has 0 radical (unpaired) electrons. The number of ether oxygens (including phenoxy) is 1. The van der Waals surface area contributed by atoms with Gasteiger partial charge in [-0.2, -0.15) is 4.72 Å². The van der Waals surface area contributed by atoms with Crippen molar-refractivity contribution in [2.45, 2.75) is 24.2 Å². The van der Waals surface area contributed by atoms with Crippen LogP contribution in [0.3, 0.4) is 0 Å². The third kappa shape index (κ3) is 4.98. The molecule has 1 unspecified atom stereocenters. The maximum atomic E-state index is 12.9. The second-order valence-corrected chi connectivity index (χ2v) is 9.76. The molecule has 0 fully saturated rings. The number of hydrogen-bond acceptors (Lipinski definition) is 7. The van der Waals surface area contributed by atoms with Crippen molar-refractivity contribution in [3.8, 4) is 5.69 Å². The van der Waals surface area contributed by atoms with Crippen LogP contribution in [0.2, 0.25) is 0 Å². The number of rotatable bonds is 8. The van der Waals surface area contributed by atoms with Gasteiger partial charge < -0.3 is 10.1 Å². The van der Waals surface area contributed by atoms with Crippen LogP contribution in [0.1, 0.15) is 12.6 Å². The van der Waals surface area contributed by atoms with Gasteiger partial charge >= 0.3 is 5.97 Å². The minimum absolute atomic E-state index is 0.0580. The van der Waals surface area contributed by atoms with Gasteiger partial charge in [-0.05, 0) is 37.4 Å². The number of nitrogens with zero attached hydrogens (tertiary/aromatic N) is 2. The molecule has 0 aliphatic rings. The molecule has 170 valence electrons. The number of benzene rings is 1. The molecule has 0 aliphatic heterocycles. The van der Waals surface area contributed by atoms with E-state index in [1.165, 1.54) is 17.7 Å². The Morgan fingerprint density at radius 3 is 2.47 bits per heavy atom. The first-order chi connectivity index (χ1) is 15.1. The van der Waals surface area contributed by atoms with Crippen molar-refractivity contribution in [3.05, 3.63) is 63.9 Å². The maximum Gasteiger partial charge on any atom is 0.321 e. The van der Waals surface area contributed by atoms with Crippen molar-refractivity contribution < 1.29 is 22.7 Å². The van der Waals surface area contributed by atoms with Crippen molar-refractivity contribution in [2.75, 3.05) is 11.9 Å². The third-order valence-electron chi connectivity index (χ3n) is 4.65. The SMILES string of the molecule is Cc1c(NC(=O)C(C)OC(=O)CNS(=O)(=O)c2cccs2)c(=O)n(-c2ccccc2)n1C. The van der Waals surface area contributed by atoms with Crippen LogP contribution in [-0.2, 0) is 31.4 Å². The molecule has 0 saturated heterocycles. The highest BCUT2D eigenvalue weighted by atomic mass is 32.2. The minimum atomic E-state index is -3.84. The topological polar surface area (TPSA) is 128 Å². The van der Waals surface area contributed by atoms with E-state index in [9.17, 15) is 22.8 Å². The predicted molar refractivity (Wildman–Crippen MR) is 119 cm³/mol. The molecule has 1 atom stereocenters. The molecule has 0 saturated carbocycles. The lowest BCUT2D eigenvalue weighted by molar-refractivity contribution is -0.151. The van der Waals surface area contributed by atoms with Crippen LogP contribution < -0.4 is 15.6 Å². The first-order valence-corrected chi connectivity index (χ1v) is 11.9. The molecule has 2 N–H and O–H groups in total. The molecule has 1 amide bonds. The van der Waals surface area contributed by atoms with Gasteiger partial charge in [-0.25, -0.2) is 13.1 Å². The number of nitrogens with one attached hydrogen (secondary N) is 2. The largest absolute Gasteiger partial charge is 0.452 e. The van der Waals surface area contributed by atoms with Gasteiger partial charge in [0.1, 0.15) is 16.4 Å². The number of amides is 1. The summed E-state index contributed by atoms with van der Waals surface area (Å²) in [5.41, 5.74) is 0.755. The summed E-state index contributed by atoms with van der Waals surface area (Å²) in [6.45, 7) is 2.37. The van der Waals surface area contributed by atoms with E-state index in [1.54, 1.807) is 54.4 Å². The quantitative estimate of drug-likeness (QED) is 0.471. The summed E-state index contributed by atoms with van der Waals surface area (Å²) in [4.78, 5) is 37.4. The van der Waals surface area contributed by atoms with Crippen molar-refractivity contribution in [1.82, 2.24) is 14.1 Å². The van der Waals surface area contributed by atoms with E-state index in [0.717, 1.165) is 11.3 Å². The maximum absolute atomic E-state index is 12.9. The number of carbonyl (C=O) groups is 2. The van der Waals surface area contributed by atoms with Gasteiger partial charge in [0.2, 0.25) is 0 Å². The van der Waals surface area contributed by atoms with Crippen LogP contribution in [0, 0.1) is 6.92 Å². The fourth-order valence-corrected chi connectivity index (χ4v) is 4.88. The average Bonchev–Trinajstić information content (AvgIpc) is 3.38. The van der Waals surface area contributed by atoms with Crippen LogP contribution >= 0.6 is 11.3 Å². The summed E-state index contributed by atoms with van der Waals surface area (Å²) in [7, 11) is -2.15. The van der Waals surface area contributed by atoms with Gasteiger partial charge in [0.05, 0.1) is 11.4 Å². The van der Waals surface area contributed by atoms with Gasteiger partial charge in [-0.3, -0.25) is 19.1 Å². The van der Waals surface area contributed by atoms with Gasteiger partial charge in [0, 0.05) is 7.05 Å². The Balaban J connectivity index is 1.65. The summed E-state index contributed by atoms with van der Waals surface area (Å²) in [5, 5.41) is 4.10. The molecule has 3 aromatic rings. The first-order valence-electron chi connectivity index (χ1n) is 9.49. The molecule has 2 aromatic heterocycles. The molecule has 0 spiro atoms. The zero-order valence-corrected chi connectivity index (χ0v) is 19.2. The van der Waals surface area contributed by atoms with Gasteiger partial charge in [-0.1, -0.05) is 24.3 Å². The summed E-state index contributed by atoms with van der Waals surface area (Å²) in [5.74, 6) is -1.65. The number of hydrogen-bond donors (Lipinski definition) is 2. The molecule has 10 nitrogen and oxygen atoms in total. The monoisotopic (exact) mass is 478 g/mol. The van der Waals surface area contributed by atoms with Crippen molar-refractivity contribution >= 4 is 38.9 Å². The highest BCUT2D eigenvalue weighted by Crippen LogP contribution is 2.16. The zero-order valence-electron chi connectivity index (χ0n) is 17.6. The lowest BCUT2D eigenvalue weighted by Crippen LogP contribution is -2.36. The first kappa shape index (κ1) is 23.4. The van der Waals surface area contributed by atoms with E-state index in [2.05, 4.69) is 10.0 Å². The Morgan fingerprint density at radius 1 is 1.16 bits per heavy atom. The Hall–Kier alpha value is -3.22. The number of sulfonamides is 1. The second-order valence-electron chi connectivity index (χ2n) is 6.81. The Bertz CT molecular complexity index is 1280. The van der Waals surface area contributed by atoms with E-state index >= 15 is 0 Å². The van der Waals surface area contributed by atoms with Crippen LogP contribution in [0.15, 0.2) is 56.8 Å². The highest BCUT2D eigenvalue weighted by molar-refractivity contribution is 7.91. The van der Waals surface area contributed by atoms with Gasteiger partial charge in [0.25, 0.3) is 21.5 Å². The Kier molecular flexibility index (Phi) is 6.96. The molecule has 2 heterocycles. The fourth-order valence-electron chi connectivity index (χ4n) is 2.87. The minimum Gasteiger partial charge on any atom is -0.452 e. The summed E-state index contributed by atoms with van der Waals surface area (Å²) < 4.78 is 34.3. The molecule has 0 aliphatic carbocycles. The summed E-state index contributed by atoms with van der Waals surface area (Å²) in [6.07, 6.45) is -1.25. The standard InChI is InChI=1S/C20H22N4O6S2/c1-13-18(20(27)24(23(13)3)15-8-5-4-6-9-15)22-19(26)14(2)30-16(25)12-21-32(28,29)17-10-7-11-31-17/h4-11,14,21H,12H2,1-3H3,(H,22,26). The van der Waals surface area contributed by atoms with Crippen LogP contribution in [0.4, 0.5) is 5.69 Å². The fraction of sp³-hybridized carbons (Fsp3) is 0.250. The van der Waals surface area contributed by atoms with Gasteiger partial charge in [-0.15, -0.1) is 11.3 Å². The number of thiophene rings is 1. The zero-order chi connectivity index (χ0) is 23.5. The molecule has 3 rings (SSSR count). The van der Waals surface area contributed by atoms with E-state index < -0.39 is 40.1 Å². The average molecular weight is 479 g/mol. The molecule has 32 heavy (non-hydrogen) atoms. The third-order valence-corrected chi connectivity index (χ3v) is 7.45. The number of aromatic nitrogens is 2. The van der Waals surface area contributed by atoms with Gasteiger partial charge in [0.15, 0.2) is 6.10 Å². The Morgan fingerprint density at radius 2 is 1.84 bits per heavy atom. The molecule has 12 heteroatoms. The lowest BCUT2D eigenvalue weighted by atomic mass is 10.3. The normalized spacial score (nSPS) is 12.3. The predicted octanol–water partition coefficient (Wildman–Crippen LogP) is 1.39. The molecular formula is C20H22N4O6S2. The summed E-state index contributed by atoms with van der Waals surface area (Å²) in [6, 6.07) is 11.9. The van der Waals surface area contributed by atoms with Crippen molar-refractivity contribution in [1.29, 1.82) is 0 Å². The van der Waals surface area contributed by atoms with E-state index in [1.807, 2.05) is 6.07 Å². The lowest BCUT2D eigenvalue weighted by Gasteiger charge is -2.13. The van der Waals surface area contributed by atoms with Crippen molar-refractivity contribution in [2.24, 2.45) is 7.05 Å².